The van der Waals surface area contributed by atoms with Crippen LogP contribution in [0.2, 0.25) is 0 Å². The van der Waals surface area contributed by atoms with Crippen molar-refractivity contribution in [2.24, 2.45) is 0 Å². The molecule has 1 N–H and O–H groups in total. The van der Waals surface area contributed by atoms with Crippen molar-refractivity contribution >= 4 is 18.1 Å². The van der Waals surface area contributed by atoms with E-state index in [0.29, 0.717) is 0 Å². The highest BCUT2D eigenvalue weighted by Crippen LogP contribution is 2.14. The molecule has 90 valence electrons. The SMILES string of the molecule is Cc1ccc(C(=O)O)cc1/C=C/c1cnccn1. The number of aryl methyl sites for hydroxylation is 1. The molecule has 0 bridgehead atoms. The molecule has 2 rings (SSSR count). The second-order valence-electron chi connectivity index (χ2n) is 3.84. The van der Waals surface area contributed by atoms with E-state index < -0.39 is 5.97 Å². The number of aromatic carboxylic acids is 1. The van der Waals surface area contributed by atoms with Crippen molar-refractivity contribution in [2.75, 3.05) is 0 Å². The zero-order valence-electron chi connectivity index (χ0n) is 9.87. The van der Waals surface area contributed by atoms with E-state index >= 15 is 0 Å². The number of hydrogen-bond acceptors (Lipinski definition) is 3. The van der Waals surface area contributed by atoms with Gasteiger partial charge in [-0.1, -0.05) is 12.1 Å². The highest BCUT2D eigenvalue weighted by Gasteiger charge is 2.04. The van der Waals surface area contributed by atoms with Gasteiger partial charge in [-0.15, -0.1) is 0 Å². The first-order chi connectivity index (χ1) is 8.66. The molecule has 1 heterocycles. The van der Waals surface area contributed by atoms with Gasteiger partial charge in [0.15, 0.2) is 0 Å². The van der Waals surface area contributed by atoms with Gasteiger partial charge < -0.3 is 5.11 Å². The number of aromatic nitrogens is 2. The lowest BCUT2D eigenvalue weighted by Gasteiger charge is -2.02. The molecule has 0 aliphatic heterocycles. The maximum atomic E-state index is 10.9. The molecule has 0 atom stereocenters. The van der Waals surface area contributed by atoms with Crippen LogP contribution in [0, 0.1) is 6.92 Å². The van der Waals surface area contributed by atoms with E-state index in [-0.39, 0.29) is 5.56 Å². The van der Waals surface area contributed by atoms with Crippen molar-refractivity contribution in [2.45, 2.75) is 6.92 Å². The van der Waals surface area contributed by atoms with Crippen LogP contribution in [0.4, 0.5) is 0 Å². The molecule has 0 radical (unpaired) electrons. The summed E-state index contributed by atoms with van der Waals surface area (Å²) in [6, 6.07) is 5.03. The molecule has 0 unspecified atom stereocenters. The third-order valence-electron chi connectivity index (χ3n) is 2.54. The van der Waals surface area contributed by atoms with Gasteiger partial charge in [-0.25, -0.2) is 4.79 Å². The van der Waals surface area contributed by atoms with Crippen molar-refractivity contribution in [1.82, 2.24) is 9.97 Å². The Morgan fingerprint density at radius 1 is 1.28 bits per heavy atom. The van der Waals surface area contributed by atoms with Gasteiger partial charge in [0.1, 0.15) is 0 Å². The third kappa shape index (κ3) is 2.79. The van der Waals surface area contributed by atoms with Crippen molar-refractivity contribution in [1.29, 1.82) is 0 Å². The van der Waals surface area contributed by atoms with Gasteiger partial charge >= 0.3 is 5.97 Å². The fraction of sp³-hybridized carbons (Fsp3) is 0.0714. The number of carbonyl (C=O) groups is 1. The lowest BCUT2D eigenvalue weighted by Crippen LogP contribution is -1.97. The number of carboxylic acids is 1. The number of hydrogen-bond donors (Lipinski definition) is 1. The van der Waals surface area contributed by atoms with Crippen LogP contribution in [0.1, 0.15) is 27.2 Å². The van der Waals surface area contributed by atoms with Crippen LogP contribution in [0.3, 0.4) is 0 Å². The molecule has 0 aliphatic rings. The number of nitrogens with zero attached hydrogens (tertiary/aromatic N) is 2. The van der Waals surface area contributed by atoms with E-state index in [4.69, 9.17) is 5.11 Å². The Labute approximate surface area is 105 Å². The summed E-state index contributed by atoms with van der Waals surface area (Å²) in [7, 11) is 0. The second-order valence-corrected chi connectivity index (χ2v) is 3.84. The number of benzene rings is 1. The quantitative estimate of drug-likeness (QED) is 0.895. The second kappa shape index (κ2) is 5.23. The number of rotatable bonds is 3. The van der Waals surface area contributed by atoms with Crippen molar-refractivity contribution in [3.63, 3.8) is 0 Å². The fourth-order valence-electron chi connectivity index (χ4n) is 1.52. The van der Waals surface area contributed by atoms with E-state index in [2.05, 4.69) is 9.97 Å². The first kappa shape index (κ1) is 12.0. The van der Waals surface area contributed by atoms with Gasteiger partial charge in [0, 0.05) is 12.4 Å². The lowest BCUT2D eigenvalue weighted by molar-refractivity contribution is 0.0697. The summed E-state index contributed by atoms with van der Waals surface area (Å²) >= 11 is 0. The van der Waals surface area contributed by atoms with E-state index in [0.717, 1.165) is 16.8 Å². The van der Waals surface area contributed by atoms with Crippen LogP contribution in [-0.2, 0) is 0 Å². The minimum Gasteiger partial charge on any atom is -0.478 e. The van der Waals surface area contributed by atoms with E-state index in [1.165, 1.54) is 0 Å². The Morgan fingerprint density at radius 3 is 2.78 bits per heavy atom. The Morgan fingerprint density at radius 2 is 2.11 bits per heavy atom. The minimum atomic E-state index is -0.927. The molecule has 0 spiro atoms. The zero-order chi connectivity index (χ0) is 13.0. The Hall–Kier alpha value is -2.49. The molecular formula is C14H12N2O2. The van der Waals surface area contributed by atoms with Gasteiger partial charge in [-0.3, -0.25) is 9.97 Å². The monoisotopic (exact) mass is 240 g/mol. The van der Waals surface area contributed by atoms with Crippen molar-refractivity contribution < 1.29 is 9.90 Å². The van der Waals surface area contributed by atoms with Crippen LogP contribution in [0.25, 0.3) is 12.2 Å². The molecule has 1 aromatic carbocycles. The average Bonchev–Trinajstić information content (AvgIpc) is 2.38. The summed E-state index contributed by atoms with van der Waals surface area (Å²) in [5.74, 6) is -0.927. The number of carboxylic acid groups (broad SMARTS) is 1. The first-order valence-electron chi connectivity index (χ1n) is 5.45. The Balaban J connectivity index is 2.31. The van der Waals surface area contributed by atoms with Crippen LogP contribution in [-0.4, -0.2) is 21.0 Å². The standard InChI is InChI=1S/C14H12N2O2/c1-10-2-3-12(14(17)18)8-11(10)4-5-13-9-15-6-7-16-13/h2-9H,1H3,(H,17,18)/b5-4+. The highest BCUT2D eigenvalue weighted by atomic mass is 16.4. The molecule has 0 fully saturated rings. The molecule has 0 aliphatic carbocycles. The topological polar surface area (TPSA) is 63.1 Å². The molecule has 0 saturated heterocycles. The summed E-state index contributed by atoms with van der Waals surface area (Å²) in [5, 5.41) is 8.94. The molecule has 1 aromatic heterocycles. The van der Waals surface area contributed by atoms with Gasteiger partial charge in [0.2, 0.25) is 0 Å². The summed E-state index contributed by atoms with van der Waals surface area (Å²) in [6.07, 6.45) is 8.51. The van der Waals surface area contributed by atoms with Crippen LogP contribution in [0.15, 0.2) is 36.8 Å². The molecule has 18 heavy (non-hydrogen) atoms. The maximum Gasteiger partial charge on any atom is 0.335 e. The van der Waals surface area contributed by atoms with Crippen LogP contribution in [0.5, 0.6) is 0 Å². The normalized spacial score (nSPS) is 10.7. The first-order valence-corrected chi connectivity index (χ1v) is 5.45. The lowest BCUT2D eigenvalue weighted by atomic mass is 10.0. The molecule has 0 saturated carbocycles. The Kier molecular flexibility index (Phi) is 3.48. The van der Waals surface area contributed by atoms with Crippen LogP contribution < -0.4 is 0 Å². The van der Waals surface area contributed by atoms with Crippen molar-refractivity contribution in [3.05, 3.63) is 59.2 Å². The summed E-state index contributed by atoms with van der Waals surface area (Å²) in [6.45, 7) is 1.93. The predicted molar refractivity (Wildman–Crippen MR) is 69.1 cm³/mol. The Bertz CT molecular complexity index is 592. The fourth-order valence-corrected chi connectivity index (χ4v) is 1.52. The third-order valence-corrected chi connectivity index (χ3v) is 2.54. The maximum absolute atomic E-state index is 10.9. The zero-order valence-corrected chi connectivity index (χ0v) is 9.87. The van der Waals surface area contributed by atoms with Gasteiger partial charge in [-0.05, 0) is 36.3 Å². The van der Waals surface area contributed by atoms with Gasteiger partial charge in [0.05, 0.1) is 17.5 Å². The smallest absolute Gasteiger partial charge is 0.335 e. The molecular weight excluding hydrogens is 228 g/mol. The molecule has 2 aromatic rings. The highest BCUT2D eigenvalue weighted by molar-refractivity contribution is 5.89. The summed E-state index contributed by atoms with van der Waals surface area (Å²) < 4.78 is 0. The minimum absolute atomic E-state index is 0.277. The average molecular weight is 240 g/mol. The molecule has 4 heteroatoms. The van der Waals surface area contributed by atoms with E-state index in [1.807, 2.05) is 13.0 Å². The summed E-state index contributed by atoms with van der Waals surface area (Å²) in [4.78, 5) is 19.0. The van der Waals surface area contributed by atoms with Gasteiger partial charge in [-0.2, -0.15) is 0 Å². The van der Waals surface area contributed by atoms with E-state index in [1.54, 1.807) is 42.9 Å². The predicted octanol–water partition coefficient (Wildman–Crippen LogP) is 2.65. The summed E-state index contributed by atoms with van der Waals surface area (Å²) in [5.41, 5.74) is 2.89. The largest absolute Gasteiger partial charge is 0.478 e. The van der Waals surface area contributed by atoms with Gasteiger partial charge in [0.25, 0.3) is 0 Å². The van der Waals surface area contributed by atoms with E-state index in [9.17, 15) is 4.79 Å². The molecule has 4 nitrogen and oxygen atoms in total. The van der Waals surface area contributed by atoms with Crippen molar-refractivity contribution in [3.8, 4) is 0 Å². The molecule has 0 amide bonds. The van der Waals surface area contributed by atoms with Crippen LogP contribution >= 0.6 is 0 Å².